The van der Waals surface area contributed by atoms with Gasteiger partial charge in [0, 0.05) is 11.8 Å². The number of hydrogen-bond donors (Lipinski definition) is 0. The van der Waals surface area contributed by atoms with E-state index in [1.807, 2.05) is 72.9 Å². The minimum atomic E-state index is -0.368. The predicted octanol–water partition coefficient (Wildman–Crippen LogP) is 7.38. The van der Waals surface area contributed by atoms with Gasteiger partial charge < -0.3 is 14.0 Å². The fraction of sp³-hybridized carbons (Fsp3) is 0.206. The van der Waals surface area contributed by atoms with Crippen LogP contribution in [0.1, 0.15) is 49.9 Å². The maximum absolute atomic E-state index is 6.18. The number of para-hydroxylation sites is 1. The predicted molar refractivity (Wildman–Crippen MR) is 161 cm³/mol. The topological polar surface area (TPSA) is 40.0 Å². The molecule has 39 heavy (non-hydrogen) atoms. The zero-order valence-corrected chi connectivity index (χ0v) is 23.1. The van der Waals surface area contributed by atoms with Crippen LogP contribution in [0, 0.1) is 0 Å². The fourth-order valence-corrected chi connectivity index (χ4v) is 4.33. The molecule has 1 aliphatic rings. The molecule has 5 heteroatoms. The van der Waals surface area contributed by atoms with Crippen LogP contribution < -0.4 is 10.2 Å². The molecule has 196 valence electrons. The average Bonchev–Trinajstić information content (AvgIpc) is 3.18. The summed E-state index contributed by atoms with van der Waals surface area (Å²) in [6.45, 7) is 12.9. The summed E-state index contributed by atoms with van der Waals surface area (Å²) in [5.74, 6) is 0.783. The molecule has 0 spiro atoms. The van der Waals surface area contributed by atoms with Gasteiger partial charge in [-0.3, -0.25) is 4.99 Å². The van der Waals surface area contributed by atoms with Crippen molar-refractivity contribution >= 4 is 30.1 Å². The summed E-state index contributed by atoms with van der Waals surface area (Å²) < 4.78 is 18.5. The van der Waals surface area contributed by atoms with Crippen molar-refractivity contribution in [1.29, 1.82) is 0 Å². The minimum absolute atomic E-state index is 0.358. The van der Waals surface area contributed by atoms with Crippen LogP contribution in [0.3, 0.4) is 0 Å². The Morgan fingerprint density at radius 3 is 2.03 bits per heavy atom. The van der Waals surface area contributed by atoms with E-state index in [2.05, 4.69) is 75.7 Å². The molecule has 0 aromatic heterocycles. The molecule has 0 saturated carbocycles. The third-order valence-electron chi connectivity index (χ3n) is 7.51. The van der Waals surface area contributed by atoms with Crippen molar-refractivity contribution in [2.75, 3.05) is 0 Å². The number of aliphatic imine (C=N–C) groups is 1. The molecule has 1 heterocycles. The number of nitrogens with zero attached hydrogens (tertiary/aromatic N) is 1. The van der Waals surface area contributed by atoms with Crippen LogP contribution in [0.5, 0.6) is 5.75 Å². The smallest absolute Gasteiger partial charge is 0.488 e. The average molecular weight is 515 g/mol. The van der Waals surface area contributed by atoms with E-state index in [0.717, 1.165) is 44.7 Å². The fourth-order valence-electron chi connectivity index (χ4n) is 4.33. The van der Waals surface area contributed by atoms with Gasteiger partial charge in [-0.15, -0.1) is 0 Å². The molecule has 0 unspecified atom stereocenters. The van der Waals surface area contributed by atoms with Crippen molar-refractivity contribution in [1.82, 2.24) is 0 Å². The highest BCUT2D eigenvalue weighted by Crippen LogP contribution is 2.36. The lowest BCUT2D eigenvalue weighted by atomic mass is 9.79. The van der Waals surface area contributed by atoms with Gasteiger partial charge in [0.2, 0.25) is 0 Å². The van der Waals surface area contributed by atoms with Gasteiger partial charge in [-0.1, -0.05) is 85.4 Å². The molecule has 0 N–H and O–H groups in total. The number of benzene rings is 4. The second-order valence-corrected chi connectivity index (χ2v) is 10.8. The molecule has 4 aromatic rings. The van der Waals surface area contributed by atoms with E-state index < -0.39 is 0 Å². The molecule has 1 fully saturated rings. The van der Waals surface area contributed by atoms with Crippen molar-refractivity contribution in [3.63, 3.8) is 0 Å². The van der Waals surface area contributed by atoms with Crippen LogP contribution in [0.25, 0.3) is 5.57 Å². The maximum Gasteiger partial charge on any atom is 0.494 e. The van der Waals surface area contributed by atoms with Crippen LogP contribution in [-0.4, -0.2) is 24.5 Å². The van der Waals surface area contributed by atoms with Gasteiger partial charge >= 0.3 is 7.12 Å². The van der Waals surface area contributed by atoms with Crippen LogP contribution in [-0.2, 0) is 15.9 Å². The quantitative estimate of drug-likeness (QED) is 0.182. The van der Waals surface area contributed by atoms with Crippen molar-refractivity contribution in [2.24, 2.45) is 4.99 Å². The highest BCUT2D eigenvalue weighted by molar-refractivity contribution is 6.62. The Bertz CT molecular complexity index is 1440. The largest absolute Gasteiger partial charge is 0.494 e. The summed E-state index contributed by atoms with van der Waals surface area (Å²) in [6, 6.07) is 34.4. The molecular formula is C34H34BNO3. The molecule has 0 radical (unpaired) electrons. The Labute approximate surface area is 232 Å². The molecule has 0 aliphatic carbocycles. The number of ether oxygens (including phenoxy) is 1. The normalized spacial score (nSPS) is 15.9. The highest BCUT2D eigenvalue weighted by atomic mass is 16.7. The van der Waals surface area contributed by atoms with Gasteiger partial charge in [-0.2, -0.15) is 0 Å². The van der Waals surface area contributed by atoms with E-state index >= 15 is 0 Å². The summed E-state index contributed by atoms with van der Waals surface area (Å²) in [7, 11) is -0.368. The first kappa shape index (κ1) is 26.7. The van der Waals surface area contributed by atoms with Gasteiger partial charge in [-0.05, 0) is 79.7 Å². The zero-order chi connectivity index (χ0) is 27.5. The van der Waals surface area contributed by atoms with Gasteiger partial charge in [0.1, 0.15) is 12.4 Å². The van der Waals surface area contributed by atoms with E-state index in [1.54, 1.807) is 0 Å². The van der Waals surface area contributed by atoms with Gasteiger partial charge in [0.05, 0.1) is 16.9 Å². The summed E-state index contributed by atoms with van der Waals surface area (Å²) >= 11 is 0. The first-order valence-electron chi connectivity index (χ1n) is 13.3. The molecule has 5 rings (SSSR count). The second-order valence-electron chi connectivity index (χ2n) is 10.8. The summed E-state index contributed by atoms with van der Waals surface area (Å²) in [5.41, 5.74) is 6.33. The Balaban J connectivity index is 1.21. The summed E-state index contributed by atoms with van der Waals surface area (Å²) in [5, 5.41) is 0. The first-order chi connectivity index (χ1) is 18.7. The third kappa shape index (κ3) is 6.06. The molecule has 4 aromatic carbocycles. The van der Waals surface area contributed by atoms with Crippen molar-refractivity contribution < 1.29 is 14.0 Å². The maximum atomic E-state index is 6.18. The van der Waals surface area contributed by atoms with Crippen molar-refractivity contribution in [2.45, 2.75) is 45.5 Å². The SMILES string of the molecule is C=C(c1ccccc1)c1ccc(N=Cc2ccccc2OCc2ccc(B3OC(C)(C)C(C)(C)O3)cc2)cc1. The highest BCUT2D eigenvalue weighted by Gasteiger charge is 2.51. The van der Waals surface area contributed by atoms with Gasteiger partial charge in [-0.25, -0.2) is 0 Å². The Morgan fingerprint density at radius 2 is 1.36 bits per heavy atom. The van der Waals surface area contributed by atoms with Crippen molar-refractivity contribution in [3.8, 4) is 5.75 Å². The molecule has 0 amide bonds. The Hall–Kier alpha value is -3.93. The summed E-state index contributed by atoms with van der Waals surface area (Å²) in [6.07, 6.45) is 1.84. The Kier molecular flexibility index (Phi) is 7.56. The molecule has 0 bridgehead atoms. The zero-order valence-electron chi connectivity index (χ0n) is 23.1. The molecule has 4 nitrogen and oxygen atoms in total. The van der Waals surface area contributed by atoms with Crippen LogP contribution in [0.15, 0.2) is 115 Å². The molecule has 1 saturated heterocycles. The van der Waals surface area contributed by atoms with Crippen molar-refractivity contribution in [3.05, 3.63) is 132 Å². The monoisotopic (exact) mass is 515 g/mol. The molecule has 0 atom stereocenters. The second kappa shape index (κ2) is 11.1. The van der Waals surface area contributed by atoms with Crippen LogP contribution in [0.2, 0.25) is 0 Å². The van der Waals surface area contributed by atoms with E-state index in [9.17, 15) is 0 Å². The lowest BCUT2D eigenvalue weighted by molar-refractivity contribution is 0.00578. The third-order valence-corrected chi connectivity index (χ3v) is 7.51. The lowest BCUT2D eigenvalue weighted by Gasteiger charge is -2.32. The van der Waals surface area contributed by atoms with E-state index in [1.165, 1.54) is 0 Å². The van der Waals surface area contributed by atoms with E-state index in [-0.39, 0.29) is 18.3 Å². The van der Waals surface area contributed by atoms with E-state index in [4.69, 9.17) is 14.0 Å². The Morgan fingerprint density at radius 1 is 0.769 bits per heavy atom. The molecular weight excluding hydrogens is 481 g/mol. The van der Waals surface area contributed by atoms with Gasteiger partial charge in [0.15, 0.2) is 0 Å². The van der Waals surface area contributed by atoms with Gasteiger partial charge in [0.25, 0.3) is 0 Å². The number of hydrogen-bond acceptors (Lipinski definition) is 4. The number of rotatable bonds is 8. The molecule has 1 aliphatic heterocycles. The lowest BCUT2D eigenvalue weighted by Crippen LogP contribution is -2.41. The van der Waals surface area contributed by atoms with Crippen LogP contribution in [0.4, 0.5) is 5.69 Å². The standard InChI is InChI=1S/C34H34BNO3/c1-25(27-11-7-6-8-12-27)28-17-21-31(22-18-28)36-23-29-13-9-10-14-32(29)37-24-26-15-19-30(20-16-26)35-38-33(2,3)34(4,5)39-35/h6-23H,1,24H2,2-5H3. The summed E-state index contributed by atoms with van der Waals surface area (Å²) in [4.78, 5) is 4.68. The van der Waals surface area contributed by atoms with Crippen LogP contribution >= 0.6 is 0 Å². The first-order valence-corrected chi connectivity index (χ1v) is 13.3. The minimum Gasteiger partial charge on any atom is -0.488 e. The van der Waals surface area contributed by atoms with E-state index in [0.29, 0.717) is 6.61 Å².